The molecular weight excluding hydrogens is 337 g/mol. The molecular formula is C16H23F3N4O2. The summed E-state index contributed by atoms with van der Waals surface area (Å²) in [5, 5.41) is 19.6. The van der Waals surface area contributed by atoms with Gasteiger partial charge in [0, 0.05) is 32.2 Å². The number of hydrogen-bond donors (Lipinski definition) is 2. The molecule has 140 valence electrons. The topological polar surface area (TPSA) is 72.7 Å². The molecule has 9 heteroatoms. The predicted octanol–water partition coefficient (Wildman–Crippen LogP) is 1.81. The van der Waals surface area contributed by atoms with Crippen molar-refractivity contribution in [3.63, 3.8) is 0 Å². The number of aliphatic hydroxyl groups is 2. The summed E-state index contributed by atoms with van der Waals surface area (Å²) in [4.78, 5) is 11.6. The molecule has 1 aromatic heterocycles. The van der Waals surface area contributed by atoms with Gasteiger partial charge in [0.1, 0.15) is 5.82 Å². The lowest BCUT2D eigenvalue weighted by atomic mass is 9.96. The van der Waals surface area contributed by atoms with Gasteiger partial charge in [-0.25, -0.2) is 4.98 Å². The molecule has 2 aliphatic heterocycles. The van der Waals surface area contributed by atoms with Gasteiger partial charge >= 0.3 is 6.18 Å². The molecule has 0 saturated carbocycles. The van der Waals surface area contributed by atoms with Crippen LogP contribution in [-0.4, -0.2) is 58.6 Å². The van der Waals surface area contributed by atoms with Crippen LogP contribution < -0.4 is 9.80 Å². The van der Waals surface area contributed by atoms with Crippen molar-refractivity contribution in [2.75, 3.05) is 42.6 Å². The van der Waals surface area contributed by atoms with Crippen molar-refractivity contribution >= 4 is 11.8 Å². The largest absolute Gasteiger partial charge is 0.433 e. The molecule has 0 radical (unpaired) electrons. The molecule has 0 unspecified atom stereocenters. The van der Waals surface area contributed by atoms with Crippen LogP contribution in [0.4, 0.5) is 24.9 Å². The summed E-state index contributed by atoms with van der Waals surface area (Å²) in [6.45, 7) is 1.79. The first kappa shape index (κ1) is 18.2. The average molecular weight is 360 g/mol. The molecule has 1 atom stereocenters. The van der Waals surface area contributed by atoms with Crippen molar-refractivity contribution in [1.29, 1.82) is 0 Å². The average Bonchev–Trinajstić information content (AvgIpc) is 3.04. The molecule has 25 heavy (non-hydrogen) atoms. The Bertz CT molecular complexity index is 608. The normalized spacial score (nSPS) is 25.3. The van der Waals surface area contributed by atoms with Gasteiger partial charge in [0.25, 0.3) is 0 Å². The van der Waals surface area contributed by atoms with Crippen LogP contribution >= 0.6 is 0 Å². The minimum Gasteiger partial charge on any atom is -0.393 e. The Morgan fingerprint density at radius 2 is 1.68 bits per heavy atom. The fourth-order valence-electron chi connectivity index (χ4n) is 3.35. The smallest absolute Gasteiger partial charge is 0.393 e. The summed E-state index contributed by atoms with van der Waals surface area (Å²) in [5.41, 5.74) is -2.12. The second kappa shape index (κ2) is 6.95. The van der Waals surface area contributed by atoms with Crippen molar-refractivity contribution in [1.82, 2.24) is 9.97 Å². The van der Waals surface area contributed by atoms with Gasteiger partial charge in [0.2, 0.25) is 5.95 Å². The molecule has 3 heterocycles. The Morgan fingerprint density at radius 3 is 2.32 bits per heavy atom. The number of halogens is 3. The van der Waals surface area contributed by atoms with Crippen LogP contribution in [-0.2, 0) is 6.18 Å². The zero-order valence-electron chi connectivity index (χ0n) is 14.0. The monoisotopic (exact) mass is 360 g/mol. The van der Waals surface area contributed by atoms with E-state index in [1.165, 1.54) is 0 Å². The first-order valence-electron chi connectivity index (χ1n) is 8.60. The second-order valence-electron chi connectivity index (χ2n) is 6.83. The first-order valence-corrected chi connectivity index (χ1v) is 8.60. The van der Waals surface area contributed by atoms with E-state index in [-0.39, 0.29) is 24.8 Å². The van der Waals surface area contributed by atoms with Crippen LogP contribution in [0.3, 0.4) is 0 Å². The molecule has 2 fully saturated rings. The summed E-state index contributed by atoms with van der Waals surface area (Å²) in [5.74, 6) is 0.343. The van der Waals surface area contributed by atoms with Crippen molar-refractivity contribution < 1.29 is 23.4 Å². The van der Waals surface area contributed by atoms with Crippen molar-refractivity contribution in [3.05, 3.63) is 11.8 Å². The highest BCUT2D eigenvalue weighted by molar-refractivity contribution is 5.47. The maximum atomic E-state index is 13.3. The highest BCUT2D eigenvalue weighted by Crippen LogP contribution is 2.33. The van der Waals surface area contributed by atoms with Crippen molar-refractivity contribution in [2.24, 2.45) is 0 Å². The molecule has 0 aromatic carbocycles. The Balaban J connectivity index is 1.90. The van der Waals surface area contributed by atoms with Gasteiger partial charge in [-0.2, -0.15) is 18.2 Å². The summed E-state index contributed by atoms with van der Waals surface area (Å²) in [7, 11) is 0. The maximum absolute atomic E-state index is 13.3. The van der Waals surface area contributed by atoms with Crippen LogP contribution in [0.15, 0.2) is 6.07 Å². The highest BCUT2D eigenvalue weighted by atomic mass is 19.4. The van der Waals surface area contributed by atoms with E-state index >= 15 is 0 Å². The maximum Gasteiger partial charge on any atom is 0.433 e. The molecule has 3 rings (SSSR count). The fourth-order valence-corrected chi connectivity index (χ4v) is 3.35. The minimum absolute atomic E-state index is 0.115. The standard InChI is InChI=1S/C16H23F3N4O2/c17-16(18,19)12-10-13(21-14(20-12)23-6-1-2-7-23)22-8-3-4-15(25,11-24)5-9-22/h10,24-25H,1-9,11H2/t15-/m0/s1. The lowest BCUT2D eigenvalue weighted by Gasteiger charge is -2.26. The van der Waals surface area contributed by atoms with E-state index in [0.717, 1.165) is 18.9 Å². The number of nitrogens with zero attached hydrogens (tertiary/aromatic N) is 4. The van der Waals surface area contributed by atoms with Crippen molar-refractivity contribution in [2.45, 2.75) is 43.9 Å². The molecule has 0 spiro atoms. The summed E-state index contributed by atoms with van der Waals surface area (Å²) < 4.78 is 39.8. The van der Waals surface area contributed by atoms with Gasteiger partial charge in [-0.1, -0.05) is 0 Å². The Kier molecular flexibility index (Phi) is 5.06. The SMILES string of the molecule is OC[C@]1(O)CCCN(c2cc(C(F)(F)F)nc(N3CCCC3)n2)CC1. The molecule has 0 bridgehead atoms. The lowest BCUT2D eigenvalue weighted by Crippen LogP contribution is -2.35. The molecule has 2 N–H and O–H groups in total. The van der Waals surface area contributed by atoms with E-state index in [1.54, 1.807) is 9.80 Å². The van der Waals surface area contributed by atoms with Gasteiger partial charge in [-0.15, -0.1) is 0 Å². The molecule has 1 aromatic rings. The summed E-state index contributed by atoms with van der Waals surface area (Å²) >= 11 is 0. The third kappa shape index (κ3) is 4.14. The Morgan fingerprint density at radius 1 is 1.00 bits per heavy atom. The van der Waals surface area contributed by atoms with Gasteiger partial charge in [0.15, 0.2) is 5.69 Å². The second-order valence-corrected chi connectivity index (χ2v) is 6.83. The van der Waals surface area contributed by atoms with Crippen LogP contribution in [0, 0.1) is 0 Å². The van der Waals surface area contributed by atoms with Crippen LogP contribution in [0.25, 0.3) is 0 Å². The number of aliphatic hydroxyl groups excluding tert-OH is 1. The summed E-state index contributed by atoms with van der Waals surface area (Å²) in [6.07, 6.45) is -1.43. The lowest BCUT2D eigenvalue weighted by molar-refractivity contribution is -0.141. The number of anilines is 2. The highest BCUT2D eigenvalue weighted by Gasteiger charge is 2.36. The third-order valence-corrected chi connectivity index (χ3v) is 4.92. The zero-order valence-corrected chi connectivity index (χ0v) is 14.0. The van der Waals surface area contributed by atoms with Crippen LogP contribution in [0.2, 0.25) is 0 Å². The summed E-state index contributed by atoms with van der Waals surface area (Å²) in [6, 6.07) is 0.975. The van der Waals surface area contributed by atoms with Gasteiger partial charge in [0.05, 0.1) is 12.2 Å². The third-order valence-electron chi connectivity index (χ3n) is 4.92. The molecule has 6 nitrogen and oxygen atoms in total. The van der Waals surface area contributed by atoms with Crippen LogP contribution in [0.1, 0.15) is 37.8 Å². The predicted molar refractivity (Wildman–Crippen MR) is 86.6 cm³/mol. The molecule has 2 saturated heterocycles. The first-order chi connectivity index (χ1) is 11.8. The number of aromatic nitrogens is 2. The fraction of sp³-hybridized carbons (Fsp3) is 0.750. The van der Waals surface area contributed by atoms with E-state index in [0.29, 0.717) is 39.0 Å². The van der Waals surface area contributed by atoms with E-state index in [9.17, 15) is 23.4 Å². The van der Waals surface area contributed by atoms with E-state index < -0.39 is 17.5 Å². The van der Waals surface area contributed by atoms with Crippen molar-refractivity contribution in [3.8, 4) is 0 Å². The molecule has 0 aliphatic carbocycles. The van der Waals surface area contributed by atoms with Gasteiger partial charge in [-0.05, 0) is 32.1 Å². The van der Waals surface area contributed by atoms with E-state index in [2.05, 4.69) is 9.97 Å². The van der Waals surface area contributed by atoms with E-state index in [1.807, 2.05) is 0 Å². The Labute approximate surface area is 144 Å². The van der Waals surface area contributed by atoms with Crippen LogP contribution in [0.5, 0.6) is 0 Å². The van der Waals surface area contributed by atoms with Gasteiger partial charge in [-0.3, -0.25) is 0 Å². The Hall–Kier alpha value is -1.61. The zero-order chi connectivity index (χ0) is 18.1. The number of hydrogen-bond acceptors (Lipinski definition) is 6. The molecule has 2 aliphatic rings. The molecule has 0 amide bonds. The quantitative estimate of drug-likeness (QED) is 0.857. The number of rotatable bonds is 3. The van der Waals surface area contributed by atoms with E-state index in [4.69, 9.17) is 0 Å². The number of alkyl halides is 3. The minimum atomic E-state index is -4.54. The van der Waals surface area contributed by atoms with Gasteiger partial charge < -0.3 is 20.0 Å².